The molecule has 0 unspecified atom stereocenters. The Labute approximate surface area is 84.1 Å². The van der Waals surface area contributed by atoms with E-state index >= 15 is 0 Å². The molecular weight excluding hydrogens is 172 g/mol. The standard InChI is InChI=1S/C12H16N2/c1-9-4-5-10(3-2-7-13)11-6-8-14-12(9)11/h4-6,8,14H,2-3,7,13H2,1H3. The Morgan fingerprint density at radius 3 is 2.93 bits per heavy atom. The summed E-state index contributed by atoms with van der Waals surface area (Å²) < 4.78 is 0. The molecule has 1 aromatic carbocycles. The van der Waals surface area contributed by atoms with Gasteiger partial charge in [0.15, 0.2) is 0 Å². The van der Waals surface area contributed by atoms with E-state index in [4.69, 9.17) is 5.73 Å². The monoisotopic (exact) mass is 188 g/mol. The van der Waals surface area contributed by atoms with Crippen LogP contribution in [0.2, 0.25) is 0 Å². The summed E-state index contributed by atoms with van der Waals surface area (Å²) in [5, 5.41) is 1.35. The third kappa shape index (κ3) is 1.53. The second-order valence-corrected chi connectivity index (χ2v) is 3.70. The number of rotatable bonds is 3. The normalized spacial score (nSPS) is 11.0. The van der Waals surface area contributed by atoms with Gasteiger partial charge in [0, 0.05) is 17.1 Å². The summed E-state index contributed by atoms with van der Waals surface area (Å²) in [5.74, 6) is 0. The van der Waals surface area contributed by atoms with Crippen LogP contribution in [-0.2, 0) is 6.42 Å². The van der Waals surface area contributed by atoms with E-state index in [9.17, 15) is 0 Å². The van der Waals surface area contributed by atoms with Gasteiger partial charge in [0.05, 0.1) is 0 Å². The fraction of sp³-hybridized carbons (Fsp3) is 0.333. The minimum atomic E-state index is 0.764. The zero-order chi connectivity index (χ0) is 9.97. The fourth-order valence-electron chi connectivity index (χ4n) is 1.87. The molecular formula is C12H16N2. The van der Waals surface area contributed by atoms with Crippen LogP contribution in [0.25, 0.3) is 10.9 Å². The van der Waals surface area contributed by atoms with Crippen molar-refractivity contribution in [2.24, 2.45) is 5.73 Å². The largest absolute Gasteiger partial charge is 0.361 e. The Morgan fingerprint density at radius 1 is 1.29 bits per heavy atom. The highest BCUT2D eigenvalue weighted by Crippen LogP contribution is 2.21. The van der Waals surface area contributed by atoms with Crippen molar-refractivity contribution in [3.05, 3.63) is 35.5 Å². The van der Waals surface area contributed by atoms with Crippen molar-refractivity contribution in [1.29, 1.82) is 0 Å². The molecule has 0 atom stereocenters. The SMILES string of the molecule is Cc1ccc(CCCN)c2cc[nH]c12. The van der Waals surface area contributed by atoms with Crippen molar-refractivity contribution in [3.63, 3.8) is 0 Å². The van der Waals surface area contributed by atoms with Crippen LogP contribution in [0.4, 0.5) is 0 Å². The maximum Gasteiger partial charge on any atom is 0.0486 e. The minimum Gasteiger partial charge on any atom is -0.361 e. The highest BCUT2D eigenvalue weighted by molar-refractivity contribution is 5.85. The number of H-pyrrole nitrogens is 1. The van der Waals surface area contributed by atoms with Crippen LogP contribution in [0.15, 0.2) is 24.4 Å². The van der Waals surface area contributed by atoms with Crippen molar-refractivity contribution in [1.82, 2.24) is 4.98 Å². The Morgan fingerprint density at radius 2 is 2.14 bits per heavy atom. The van der Waals surface area contributed by atoms with Crippen molar-refractivity contribution >= 4 is 10.9 Å². The molecule has 0 aliphatic rings. The second kappa shape index (κ2) is 3.84. The molecule has 0 radical (unpaired) electrons. The van der Waals surface area contributed by atoms with Gasteiger partial charge in [-0.3, -0.25) is 0 Å². The van der Waals surface area contributed by atoms with Crippen molar-refractivity contribution in [2.45, 2.75) is 19.8 Å². The van der Waals surface area contributed by atoms with E-state index in [0.29, 0.717) is 0 Å². The van der Waals surface area contributed by atoms with Gasteiger partial charge < -0.3 is 10.7 Å². The average Bonchev–Trinajstić information content (AvgIpc) is 2.66. The Hall–Kier alpha value is -1.28. The summed E-state index contributed by atoms with van der Waals surface area (Å²) in [6.07, 6.45) is 4.14. The number of hydrogen-bond donors (Lipinski definition) is 2. The quantitative estimate of drug-likeness (QED) is 0.763. The molecule has 0 aliphatic heterocycles. The summed E-state index contributed by atoms with van der Waals surface area (Å²) >= 11 is 0. The van der Waals surface area contributed by atoms with Crippen molar-refractivity contribution < 1.29 is 0 Å². The lowest BCUT2D eigenvalue weighted by molar-refractivity contribution is 0.837. The number of aromatic nitrogens is 1. The average molecular weight is 188 g/mol. The Balaban J connectivity index is 2.45. The third-order valence-electron chi connectivity index (χ3n) is 2.67. The maximum absolute atomic E-state index is 5.52. The topological polar surface area (TPSA) is 41.8 Å². The van der Waals surface area contributed by atoms with Crippen LogP contribution in [0, 0.1) is 6.92 Å². The van der Waals surface area contributed by atoms with E-state index in [-0.39, 0.29) is 0 Å². The van der Waals surface area contributed by atoms with Gasteiger partial charge in [0.1, 0.15) is 0 Å². The third-order valence-corrected chi connectivity index (χ3v) is 2.67. The highest BCUT2D eigenvalue weighted by Gasteiger charge is 2.03. The Bertz CT molecular complexity index is 429. The second-order valence-electron chi connectivity index (χ2n) is 3.70. The number of fused-ring (bicyclic) bond motifs is 1. The van der Waals surface area contributed by atoms with Crippen LogP contribution in [0.3, 0.4) is 0 Å². The molecule has 74 valence electrons. The van der Waals surface area contributed by atoms with Crippen molar-refractivity contribution in [3.8, 4) is 0 Å². The summed E-state index contributed by atoms with van der Waals surface area (Å²) in [7, 11) is 0. The maximum atomic E-state index is 5.52. The molecule has 2 heteroatoms. The van der Waals surface area contributed by atoms with Gasteiger partial charge in [-0.2, -0.15) is 0 Å². The molecule has 14 heavy (non-hydrogen) atoms. The molecule has 2 nitrogen and oxygen atoms in total. The van der Waals surface area contributed by atoms with Crippen LogP contribution < -0.4 is 5.73 Å². The number of nitrogens with two attached hydrogens (primary N) is 1. The van der Waals surface area contributed by atoms with E-state index < -0.39 is 0 Å². The van der Waals surface area contributed by atoms with Crippen LogP contribution in [0.5, 0.6) is 0 Å². The van der Waals surface area contributed by atoms with Crippen LogP contribution >= 0.6 is 0 Å². The van der Waals surface area contributed by atoms with E-state index in [2.05, 4.69) is 30.1 Å². The van der Waals surface area contributed by atoms with Gasteiger partial charge >= 0.3 is 0 Å². The summed E-state index contributed by atoms with van der Waals surface area (Å²) in [6, 6.07) is 6.53. The lowest BCUT2D eigenvalue weighted by atomic mass is 10.0. The first-order chi connectivity index (χ1) is 6.83. The van der Waals surface area contributed by atoms with Crippen LogP contribution in [0.1, 0.15) is 17.5 Å². The summed E-state index contributed by atoms with van der Waals surface area (Å²) in [5.41, 5.74) is 9.49. The van der Waals surface area contributed by atoms with Crippen molar-refractivity contribution in [2.75, 3.05) is 6.54 Å². The first kappa shape index (κ1) is 9.28. The summed E-state index contributed by atoms with van der Waals surface area (Å²) in [4.78, 5) is 3.27. The van der Waals surface area contributed by atoms with E-state index in [1.54, 1.807) is 0 Å². The predicted octanol–water partition coefficient (Wildman–Crippen LogP) is 2.37. The Kier molecular flexibility index (Phi) is 2.55. The zero-order valence-corrected chi connectivity index (χ0v) is 8.51. The van der Waals surface area contributed by atoms with Crippen LogP contribution in [-0.4, -0.2) is 11.5 Å². The van der Waals surface area contributed by atoms with Gasteiger partial charge in [-0.1, -0.05) is 12.1 Å². The number of hydrogen-bond acceptors (Lipinski definition) is 1. The molecule has 0 fully saturated rings. The first-order valence-electron chi connectivity index (χ1n) is 5.08. The highest BCUT2D eigenvalue weighted by atomic mass is 14.7. The molecule has 3 N–H and O–H groups in total. The first-order valence-corrected chi connectivity index (χ1v) is 5.08. The molecule has 0 saturated heterocycles. The van der Waals surface area contributed by atoms with Gasteiger partial charge in [-0.25, -0.2) is 0 Å². The predicted molar refractivity (Wildman–Crippen MR) is 60.4 cm³/mol. The molecule has 0 saturated carbocycles. The molecule has 2 rings (SSSR count). The molecule has 0 bridgehead atoms. The summed E-state index contributed by atoms with van der Waals surface area (Å²) in [6.45, 7) is 2.89. The van der Waals surface area contributed by atoms with Gasteiger partial charge in [-0.05, 0) is 43.5 Å². The number of nitrogens with one attached hydrogen (secondary N) is 1. The van der Waals surface area contributed by atoms with Gasteiger partial charge in [-0.15, -0.1) is 0 Å². The van der Waals surface area contributed by atoms with E-state index in [1.165, 1.54) is 22.0 Å². The van der Waals surface area contributed by atoms with Gasteiger partial charge in [0.25, 0.3) is 0 Å². The lowest BCUT2D eigenvalue weighted by Crippen LogP contribution is -2.00. The molecule has 2 aromatic rings. The molecule has 1 heterocycles. The molecule has 0 spiro atoms. The fourth-order valence-corrected chi connectivity index (χ4v) is 1.87. The van der Waals surface area contributed by atoms with E-state index in [1.807, 2.05) is 6.20 Å². The molecule has 0 amide bonds. The lowest BCUT2D eigenvalue weighted by Gasteiger charge is -2.04. The molecule has 1 aromatic heterocycles. The number of aryl methyl sites for hydroxylation is 2. The minimum absolute atomic E-state index is 0.764. The zero-order valence-electron chi connectivity index (χ0n) is 8.51. The smallest absolute Gasteiger partial charge is 0.0486 e. The van der Waals surface area contributed by atoms with E-state index in [0.717, 1.165) is 19.4 Å². The number of benzene rings is 1. The van der Waals surface area contributed by atoms with Gasteiger partial charge in [0.2, 0.25) is 0 Å². The molecule has 0 aliphatic carbocycles. The number of aromatic amines is 1.